The fourth-order valence-corrected chi connectivity index (χ4v) is 4.63. The van der Waals surface area contributed by atoms with Crippen molar-refractivity contribution in [1.29, 1.82) is 0 Å². The summed E-state index contributed by atoms with van der Waals surface area (Å²) in [5.74, 6) is 12.8. The van der Waals surface area contributed by atoms with Crippen LogP contribution in [0.2, 0.25) is 0 Å². The van der Waals surface area contributed by atoms with Gasteiger partial charge in [0.1, 0.15) is 0 Å². The zero-order chi connectivity index (χ0) is 29.6. The van der Waals surface area contributed by atoms with E-state index in [1.165, 1.54) is 25.7 Å². The molecule has 0 heterocycles. The van der Waals surface area contributed by atoms with E-state index in [0.29, 0.717) is 22.3 Å². The van der Waals surface area contributed by atoms with Crippen molar-refractivity contribution >= 4 is 11.6 Å². The van der Waals surface area contributed by atoms with Gasteiger partial charge in [-0.15, -0.1) is 0 Å². The molecule has 42 heavy (non-hydrogen) atoms. The largest absolute Gasteiger partial charge is 0.289 e. The van der Waals surface area contributed by atoms with E-state index in [-0.39, 0.29) is 11.6 Å². The highest BCUT2D eigenvalue weighted by molar-refractivity contribution is 6.10. The summed E-state index contributed by atoms with van der Waals surface area (Å²) in [6.45, 7) is 4.37. The second-order valence-electron chi connectivity index (χ2n) is 10.5. The molecular formula is C40H38O2. The first kappa shape index (κ1) is 30.3. The Kier molecular flexibility index (Phi) is 11.5. The van der Waals surface area contributed by atoms with Crippen molar-refractivity contribution < 1.29 is 9.59 Å². The van der Waals surface area contributed by atoms with Gasteiger partial charge in [-0.2, -0.15) is 0 Å². The molecule has 0 saturated carbocycles. The predicted molar refractivity (Wildman–Crippen MR) is 174 cm³/mol. The Morgan fingerprint density at radius 1 is 0.452 bits per heavy atom. The summed E-state index contributed by atoms with van der Waals surface area (Å²) in [7, 11) is 0. The van der Waals surface area contributed by atoms with Crippen LogP contribution in [0.1, 0.15) is 108 Å². The summed E-state index contributed by atoms with van der Waals surface area (Å²) >= 11 is 0. The molecule has 4 aromatic carbocycles. The van der Waals surface area contributed by atoms with E-state index >= 15 is 0 Å². The van der Waals surface area contributed by atoms with E-state index < -0.39 is 0 Å². The molecule has 0 amide bonds. The van der Waals surface area contributed by atoms with E-state index in [1.54, 1.807) is 0 Å². The lowest BCUT2D eigenvalue weighted by atomic mass is 9.97. The van der Waals surface area contributed by atoms with E-state index in [2.05, 4.69) is 37.5 Å². The summed E-state index contributed by atoms with van der Waals surface area (Å²) in [6.07, 6.45) is 8.86. The van der Waals surface area contributed by atoms with Crippen LogP contribution in [-0.2, 0) is 0 Å². The minimum Gasteiger partial charge on any atom is -0.289 e. The molecule has 0 aliphatic heterocycles. The topological polar surface area (TPSA) is 34.1 Å². The molecule has 0 aromatic heterocycles. The third-order valence-electron chi connectivity index (χ3n) is 7.20. The fraction of sp³-hybridized carbons (Fsp3) is 0.250. The van der Waals surface area contributed by atoms with Gasteiger partial charge in [-0.1, -0.05) is 112 Å². The fourth-order valence-electron chi connectivity index (χ4n) is 4.63. The summed E-state index contributed by atoms with van der Waals surface area (Å²) in [5.41, 5.74) is 6.40. The van der Waals surface area contributed by atoms with E-state index in [9.17, 15) is 9.59 Å². The van der Waals surface area contributed by atoms with Crippen molar-refractivity contribution in [3.8, 4) is 34.8 Å². The molecule has 2 nitrogen and oxygen atoms in total. The highest BCUT2D eigenvalue weighted by atomic mass is 16.1. The number of unbranched alkanes of at least 4 members (excludes halogenated alkanes) is 6. The molecule has 0 bridgehead atoms. The van der Waals surface area contributed by atoms with E-state index in [0.717, 1.165) is 47.9 Å². The maximum absolute atomic E-state index is 13.0. The van der Waals surface area contributed by atoms with Gasteiger partial charge in [0.05, 0.1) is 0 Å². The first-order valence-electron chi connectivity index (χ1n) is 15.1. The molecule has 0 radical (unpaired) electrons. The standard InChI is InChI=1S/C40H38O2/c1-3-5-7-9-11-13-31-15-19-35(20-16-31)39(41)37-27-23-33(24-28-37)34-25-29-38(30-26-34)40(42)36-21-17-32(18-22-36)14-12-10-8-6-4-2/h15-30H,3-10H2,1-2H3. The number of benzene rings is 4. The highest BCUT2D eigenvalue weighted by Gasteiger charge is 2.11. The zero-order valence-electron chi connectivity index (χ0n) is 24.7. The number of ketones is 2. The summed E-state index contributed by atoms with van der Waals surface area (Å²) in [4.78, 5) is 26.0. The Balaban J connectivity index is 1.35. The molecule has 0 N–H and O–H groups in total. The molecule has 0 saturated heterocycles. The van der Waals surface area contributed by atoms with Crippen molar-refractivity contribution in [2.75, 3.05) is 0 Å². The maximum atomic E-state index is 13.0. The molecule has 0 aliphatic rings. The molecule has 0 unspecified atom stereocenters. The Hall–Kier alpha value is -4.66. The molecule has 4 aromatic rings. The Morgan fingerprint density at radius 2 is 0.762 bits per heavy atom. The lowest BCUT2D eigenvalue weighted by Gasteiger charge is -2.07. The first-order valence-corrected chi connectivity index (χ1v) is 15.1. The van der Waals surface area contributed by atoms with Gasteiger partial charge in [0.15, 0.2) is 11.6 Å². The molecule has 210 valence electrons. The van der Waals surface area contributed by atoms with Crippen LogP contribution in [0.25, 0.3) is 11.1 Å². The number of hydrogen-bond acceptors (Lipinski definition) is 2. The van der Waals surface area contributed by atoms with Crippen LogP contribution in [0, 0.1) is 23.7 Å². The van der Waals surface area contributed by atoms with Crippen molar-refractivity contribution in [2.24, 2.45) is 0 Å². The van der Waals surface area contributed by atoms with Gasteiger partial charge in [0.25, 0.3) is 0 Å². The average Bonchev–Trinajstić information content (AvgIpc) is 3.05. The normalized spacial score (nSPS) is 10.2. The summed E-state index contributed by atoms with van der Waals surface area (Å²) < 4.78 is 0. The van der Waals surface area contributed by atoms with Crippen LogP contribution >= 0.6 is 0 Å². The second-order valence-corrected chi connectivity index (χ2v) is 10.5. The molecule has 2 heteroatoms. The van der Waals surface area contributed by atoms with Crippen LogP contribution in [0.4, 0.5) is 0 Å². The first-order chi connectivity index (χ1) is 20.6. The van der Waals surface area contributed by atoms with Gasteiger partial charge in [0.2, 0.25) is 0 Å². The Morgan fingerprint density at radius 3 is 1.07 bits per heavy atom. The van der Waals surface area contributed by atoms with Gasteiger partial charge >= 0.3 is 0 Å². The minimum atomic E-state index is -0.0153. The highest BCUT2D eigenvalue weighted by Crippen LogP contribution is 2.23. The molecule has 0 atom stereocenters. The molecule has 0 fully saturated rings. The van der Waals surface area contributed by atoms with Crippen molar-refractivity contribution in [3.63, 3.8) is 0 Å². The van der Waals surface area contributed by atoms with Crippen LogP contribution < -0.4 is 0 Å². The zero-order valence-corrected chi connectivity index (χ0v) is 24.7. The van der Waals surface area contributed by atoms with Crippen molar-refractivity contribution in [1.82, 2.24) is 0 Å². The number of carbonyl (C=O) groups excluding carboxylic acids is 2. The van der Waals surface area contributed by atoms with Gasteiger partial charge in [-0.3, -0.25) is 9.59 Å². The Bertz CT molecular complexity index is 1460. The summed E-state index contributed by atoms with van der Waals surface area (Å²) in [6, 6.07) is 30.2. The van der Waals surface area contributed by atoms with Gasteiger partial charge in [-0.05, 0) is 72.5 Å². The lowest BCUT2D eigenvalue weighted by molar-refractivity contribution is 0.103. The monoisotopic (exact) mass is 550 g/mol. The maximum Gasteiger partial charge on any atom is 0.193 e. The van der Waals surface area contributed by atoms with E-state index in [1.807, 2.05) is 97.1 Å². The van der Waals surface area contributed by atoms with Crippen LogP contribution in [0.5, 0.6) is 0 Å². The third kappa shape index (κ3) is 8.67. The van der Waals surface area contributed by atoms with Gasteiger partial charge in [0, 0.05) is 46.2 Å². The predicted octanol–water partition coefficient (Wildman–Crippen LogP) is 9.68. The SMILES string of the molecule is CCCCCC#Cc1ccc(C(=O)c2ccc(-c3ccc(C(=O)c4ccc(C#CCCCCC)cc4)cc3)cc2)cc1. The third-order valence-corrected chi connectivity index (χ3v) is 7.20. The van der Waals surface area contributed by atoms with Crippen molar-refractivity contribution in [3.05, 3.63) is 130 Å². The smallest absolute Gasteiger partial charge is 0.193 e. The van der Waals surface area contributed by atoms with Gasteiger partial charge < -0.3 is 0 Å². The second kappa shape index (κ2) is 16.0. The Labute approximate surface area is 251 Å². The molecule has 4 rings (SSSR count). The molecule has 0 aliphatic carbocycles. The number of rotatable bonds is 11. The lowest BCUT2D eigenvalue weighted by Crippen LogP contribution is -2.01. The molecule has 0 spiro atoms. The number of carbonyl (C=O) groups is 2. The number of hydrogen-bond donors (Lipinski definition) is 0. The van der Waals surface area contributed by atoms with Gasteiger partial charge in [-0.25, -0.2) is 0 Å². The van der Waals surface area contributed by atoms with Crippen molar-refractivity contribution in [2.45, 2.75) is 65.2 Å². The summed E-state index contributed by atoms with van der Waals surface area (Å²) in [5, 5.41) is 0. The molecular weight excluding hydrogens is 512 g/mol. The van der Waals surface area contributed by atoms with Crippen LogP contribution in [-0.4, -0.2) is 11.6 Å². The minimum absolute atomic E-state index is 0.0153. The van der Waals surface area contributed by atoms with Crippen LogP contribution in [0.3, 0.4) is 0 Å². The van der Waals surface area contributed by atoms with E-state index in [4.69, 9.17) is 0 Å². The average molecular weight is 551 g/mol. The van der Waals surface area contributed by atoms with Crippen LogP contribution in [0.15, 0.2) is 97.1 Å². The quantitative estimate of drug-likeness (QED) is 0.106.